The van der Waals surface area contributed by atoms with Crippen LogP contribution in [0.15, 0.2) is 67.0 Å². The molecule has 2 aromatic carbocycles. The van der Waals surface area contributed by atoms with E-state index in [9.17, 15) is 10.2 Å². The Morgan fingerprint density at radius 2 is 1.86 bits per heavy atom. The number of aliphatic hydroxyl groups excluding tert-OH is 1. The number of hydrogen-bond acceptors (Lipinski definition) is 3. The van der Waals surface area contributed by atoms with Gasteiger partial charge in [-0.3, -0.25) is 0 Å². The zero-order chi connectivity index (χ0) is 21.0. The molecule has 0 atom stereocenters. The molecule has 1 aromatic heterocycles. The van der Waals surface area contributed by atoms with Gasteiger partial charge in [-0.05, 0) is 55.0 Å². The molecule has 1 heterocycles. The average molecular weight is 425 g/mol. The standard InChI is InChI=1S/C23H21ClN2O2S/c1-15-5-10-20(16(2)12-15)25-23(29)21(26-11-3-4-17(13-26)14-27)22(28)18-6-8-19(24)9-7-18/h3-13,27H,14H2,1-2H3,(H-,25,28,29). The lowest BCUT2D eigenvalue weighted by atomic mass is 10.1. The van der Waals surface area contributed by atoms with Crippen LogP contribution < -0.4 is 15.0 Å². The molecule has 3 aromatic rings. The molecule has 0 fully saturated rings. The second kappa shape index (κ2) is 9.18. The minimum Gasteiger partial charge on any atom is -0.867 e. The van der Waals surface area contributed by atoms with Crippen LogP contribution in [-0.2, 0) is 6.61 Å². The van der Waals surface area contributed by atoms with E-state index in [4.69, 9.17) is 23.8 Å². The van der Waals surface area contributed by atoms with Gasteiger partial charge in [0.25, 0.3) is 0 Å². The molecule has 3 rings (SSSR count). The molecular weight excluding hydrogens is 404 g/mol. The third-order valence-electron chi connectivity index (χ3n) is 4.47. The summed E-state index contributed by atoms with van der Waals surface area (Å²) in [6.07, 6.45) is 3.43. The fourth-order valence-corrected chi connectivity index (χ4v) is 3.40. The van der Waals surface area contributed by atoms with E-state index in [1.807, 2.05) is 32.0 Å². The van der Waals surface area contributed by atoms with E-state index in [0.717, 1.165) is 16.8 Å². The molecule has 0 amide bonds. The topological polar surface area (TPSA) is 59.2 Å². The van der Waals surface area contributed by atoms with Gasteiger partial charge in [0.05, 0.1) is 6.61 Å². The Bertz CT molecular complexity index is 1080. The molecule has 0 bridgehead atoms. The quantitative estimate of drug-likeness (QED) is 0.282. The second-order valence-electron chi connectivity index (χ2n) is 6.73. The van der Waals surface area contributed by atoms with Gasteiger partial charge in [0.15, 0.2) is 17.4 Å². The van der Waals surface area contributed by atoms with Crippen LogP contribution in [0.4, 0.5) is 5.69 Å². The van der Waals surface area contributed by atoms with Crippen molar-refractivity contribution >= 4 is 46.0 Å². The van der Waals surface area contributed by atoms with Crippen molar-refractivity contribution in [3.8, 4) is 0 Å². The number of aromatic nitrogens is 1. The van der Waals surface area contributed by atoms with E-state index in [-0.39, 0.29) is 23.1 Å². The maximum Gasteiger partial charge on any atom is 0.238 e. The van der Waals surface area contributed by atoms with E-state index in [0.29, 0.717) is 16.1 Å². The van der Waals surface area contributed by atoms with Crippen LogP contribution >= 0.6 is 23.8 Å². The third kappa shape index (κ3) is 5.01. The van der Waals surface area contributed by atoms with Gasteiger partial charge in [-0.2, -0.15) is 4.57 Å². The maximum atomic E-state index is 13.3. The number of halogens is 1. The molecule has 0 aliphatic carbocycles. The molecule has 0 saturated carbocycles. The minimum atomic E-state index is -0.246. The maximum absolute atomic E-state index is 13.3. The summed E-state index contributed by atoms with van der Waals surface area (Å²) in [5.74, 6) is -0.246. The zero-order valence-corrected chi connectivity index (χ0v) is 17.7. The number of benzene rings is 2. The lowest BCUT2D eigenvalue weighted by molar-refractivity contribution is -0.578. The highest BCUT2D eigenvalue weighted by molar-refractivity contribution is 7.81. The van der Waals surface area contributed by atoms with Crippen molar-refractivity contribution in [1.29, 1.82) is 0 Å². The lowest BCUT2D eigenvalue weighted by Crippen LogP contribution is -2.40. The average Bonchev–Trinajstić information content (AvgIpc) is 2.71. The van der Waals surface area contributed by atoms with Crippen LogP contribution in [0.3, 0.4) is 0 Å². The first-order valence-corrected chi connectivity index (χ1v) is 9.85. The highest BCUT2D eigenvalue weighted by atomic mass is 35.5. The fourth-order valence-electron chi connectivity index (χ4n) is 2.97. The first-order chi connectivity index (χ1) is 13.9. The normalized spacial score (nSPS) is 11.7. The molecule has 2 N–H and O–H groups in total. The SMILES string of the molecule is Cc1ccc(NC(=S)/C(=C(\[O-])c2ccc(Cl)cc2)[n+]2cccc(CO)c2)c(C)c1. The summed E-state index contributed by atoms with van der Waals surface area (Å²) in [5.41, 5.74) is 4.43. The van der Waals surface area contributed by atoms with Gasteiger partial charge in [0.2, 0.25) is 5.70 Å². The first-order valence-electron chi connectivity index (χ1n) is 9.06. The Hall–Kier alpha value is -2.73. The Balaban J connectivity index is 2.10. The van der Waals surface area contributed by atoms with E-state index in [2.05, 4.69) is 5.32 Å². The molecule has 4 nitrogen and oxygen atoms in total. The largest absolute Gasteiger partial charge is 0.867 e. The lowest BCUT2D eigenvalue weighted by Gasteiger charge is -2.18. The van der Waals surface area contributed by atoms with Gasteiger partial charge < -0.3 is 15.5 Å². The van der Waals surface area contributed by atoms with Crippen LogP contribution in [0.1, 0.15) is 22.3 Å². The molecule has 0 saturated heterocycles. The number of nitrogens with zero attached hydrogens (tertiary/aromatic N) is 1. The van der Waals surface area contributed by atoms with Crippen molar-refractivity contribution in [2.45, 2.75) is 20.5 Å². The van der Waals surface area contributed by atoms with Gasteiger partial charge in [0, 0.05) is 22.3 Å². The number of aliphatic hydroxyl groups is 1. The van der Waals surface area contributed by atoms with Crippen LogP contribution in [0.5, 0.6) is 0 Å². The predicted molar refractivity (Wildman–Crippen MR) is 119 cm³/mol. The van der Waals surface area contributed by atoms with Crippen molar-refractivity contribution in [2.75, 3.05) is 5.32 Å². The van der Waals surface area contributed by atoms with E-state index < -0.39 is 0 Å². The smallest absolute Gasteiger partial charge is 0.238 e. The monoisotopic (exact) mass is 424 g/mol. The van der Waals surface area contributed by atoms with E-state index in [1.165, 1.54) is 0 Å². The minimum absolute atomic E-state index is 0.138. The van der Waals surface area contributed by atoms with E-state index >= 15 is 0 Å². The van der Waals surface area contributed by atoms with Gasteiger partial charge in [-0.1, -0.05) is 53.6 Å². The highest BCUT2D eigenvalue weighted by Gasteiger charge is 2.20. The number of thiocarbonyl (C=S) groups is 1. The molecule has 0 aliphatic rings. The Labute approximate surface area is 180 Å². The summed E-state index contributed by atoms with van der Waals surface area (Å²) in [6, 6.07) is 16.2. The number of rotatable bonds is 5. The van der Waals surface area contributed by atoms with Gasteiger partial charge in [0.1, 0.15) is 0 Å². The van der Waals surface area contributed by atoms with Crippen molar-refractivity contribution < 1.29 is 14.8 Å². The van der Waals surface area contributed by atoms with Crippen molar-refractivity contribution in [3.63, 3.8) is 0 Å². The first kappa shape index (κ1) is 21.0. The van der Waals surface area contributed by atoms with Crippen LogP contribution in [0.25, 0.3) is 11.5 Å². The van der Waals surface area contributed by atoms with Crippen molar-refractivity contribution in [2.24, 2.45) is 0 Å². The molecular formula is C23H21ClN2O2S. The number of hydrogen-bond donors (Lipinski definition) is 2. The van der Waals surface area contributed by atoms with Gasteiger partial charge in [-0.25, -0.2) is 0 Å². The third-order valence-corrected chi connectivity index (χ3v) is 5.02. The molecule has 0 radical (unpaired) electrons. The van der Waals surface area contributed by atoms with E-state index in [1.54, 1.807) is 53.4 Å². The summed E-state index contributed by atoms with van der Waals surface area (Å²) >= 11 is 11.6. The van der Waals surface area contributed by atoms with Crippen LogP contribution in [0, 0.1) is 13.8 Å². The molecule has 29 heavy (non-hydrogen) atoms. The molecule has 0 unspecified atom stereocenters. The molecule has 6 heteroatoms. The Morgan fingerprint density at radius 3 is 2.52 bits per heavy atom. The van der Waals surface area contributed by atoms with Gasteiger partial charge >= 0.3 is 0 Å². The van der Waals surface area contributed by atoms with Crippen molar-refractivity contribution in [1.82, 2.24) is 0 Å². The summed E-state index contributed by atoms with van der Waals surface area (Å²) in [5, 5.41) is 26.6. The Kier molecular flexibility index (Phi) is 6.64. The summed E-state index contributed by atoms with van der Waals surface area (Å²) < 4.78 is 1.64. The van der Waals surface area contributed by atoms with Crippen molar-refractivity contribution in [3.05, 3.63) is 94.3 Å². The van der Waals surface area contributed by atoms with Gasteiger partial charge in [-0.15, -0.1) is 0 Å². The summed E-state index contributed by atoms with van der Waals surface area (Å²) in [4.78, 5) is 0.289. The highest BCUT2D eigenvalue weighted by Crippen LogP contribution is 2.21. The molecule has 0 spiro atoms. The number of aryl methyl sites for hydroxylation is 2. The second-order valence-corrected chi connectivity index (χ2v) is 7.58. The predicted octanol–water partition coefficient (Wildman–Crippen LogP) is 3.86. The molecule has 0 aliphatic heterocycles. The number of pyridine rings is 1. The van der Waals surface area contributed by atoms with Crippen LogP contribution in [0.2, 0.25) is 5.02 Å². The Morgan fingerprint density at radius 1 is 1.14 bits per heavy atom. The fraction of sp³-hybridized carbons (Fsp3) is 0.130. The number of nitrogens with one attached hydrogen (secondary N) is 1. The summed E-state index contributed by atoms with van der Waals surface area (Å²) in [6.45, 7) is 3.87. The zero-order valence-electron chi connectivity index (χ0n) is 16.1. The molecule has 148 valence electrons. The summed E-state index contributed by atoms with van der Waals surface area (Å²) in [7, 11) is 0. The number of anilines is 1. The van der Waals surface area contributed by atoms with Crippen LogP contribution in [-0.4, -0.2) is 10.1 Å².